The quantitative estimate of drug-likeness (QED) is 0.375. The van der Waals surface area contributed by atoms with Gasteiger partial charge in [0.15, 0.2) is 16.7 Å². The van der Waals surface area contributed by atoms with E-state index in [0.717, 1.165) is 22.9 Å². The molecule has 0 N–H and O–H groups in total. The predicted molar refractivity (Wildman–Crippen MR) is 143 cm³/mol. The zero-order valence-corrected chi connectivity index (χ0v) is 21.8. The molecule has 7 nitrogen and oxygen atoms in total. The van der Waals surface area contributed by atoms with Gasteiger partial charge in [0.05, 0.1) is 16.9 Å². The number of hydrogen-bond acceptors (Lipinski definition) is 6. The van der Waals surface area contributed by atoms with Gasteiger partial charge in [-0.25, -0.2) is 0 Å². The Kier molecular flexibility index (Phi) is 7.81. The van der Waals surface area contributed by atoms with E-state index in [1.54, 1.807) is 44.4 Å². The van der Waals surface area contributed by atoms with Gasteiger partial charge in [-0.3, -0.25) is 9.69 Å². The molecule has 1 amide bonds. The topological polar surface area (TPSA) is 85.3 Å². The third-order valence-electron chi connectivity index (χ3n) is 5.44. The van der Waals surface area contributed by atoms with Gasteiger partial charge in [-0.15, -0.1) is 4.40 Å². The maximum absolute atomic E-state index is 13.0. The normalized spacial score (nSPS) is 16.1. The van der Waals surface area contributed by atoms with Crippen molar-refractivity contribution < 1.29 is 22.7 Å². The number of carbonyl (C=O) groups excluding carboxylic acids is 1. The Bertz CT molecular complexity index is 1420. The van der Waals surface area contributed by atoms with Crippen LogP contribution in [0.5, 0.6) is 11.5 Å². The fraction of sp³-hybridized carbons (Fsp3) is 0.185. The van der Waals surface area contributed by atoms with Crippen molar-refractivity contribution in [3.63, 3.8) is 0 Å². The third kappa shape index (κ3) is 5.80. The summed E-state index contributed by atoms with van der Waals surface area (Å²) < 4.78 is 41.1. The largest absolute Gasteiger partial charge is 0.493 e. The number of carbonyl (C=O) groups is 1. The molecule has 0 aromatic heterocycles. The third-order valence-corrected chi connectivity index (χ3v) is 7.85. The summed E-state index contributed by atoms with van der Waals surface area (Å²) >= 11 is 1.03. The summed E-state index contributed by atoms with van der Waals surface area (Å²) in [5, 5.41) is 0.128. The first-order valence-corrected chi connectivity index (χ1v) is 13.5. The fourth-order valence-electron chi connectivity index (χ4n) is 3.50. The molecule has 0 unspecified atom stereocenters. The number of nitrogens with zero attached hydrogens (tertiary/aromatic N) is 2. The molecule has 9 heteroatoms. The summed E-state index contributed by atoms with van der Waals surface area (Å²) in [4.78, 5) is 14.9. The van der Waals surface area contributed by atoms with Crippen LogP contribution in [0.15, 0.2) is 87.0 Å². The van der Waals surface area contributed by atoms with E-state index in [0.29, 0.717) is 35.1 Å². The van der Waals surface area contributed by atoms with E-state index in [-0.39, 0.29) is 16.0 Å². The molecule has 1 aliphatic rings. The van der Waals surface area contributed by atoms with E-state index in [9.17, 15) is 13.2 Å². The van der Waals surface area contributed by atoms with Gasteiger partial charge in [-0.05, 0) is 67.1 Å². The number of ether oxygens (including phenoxy) is 2. The van der Waals surface area contributed by atoms with Crippen LogP contribution in [0.3, 0.4) is 0 Å². The highest BCUT2D eigenvalue weighted by molar-refractivity contribution is 8.19. The molecule has 0 spiro atoms. The molecule has 4 rings (SSSR count). The van der Waals surface area contributed by atoms with E-state index in [1.807, 2.05) is 43.3 Å². The second kappa shape index (κ2) is 11.0. The van der Waals surface area contributed by atoms with Crippen molar-refractivity contribution in [1.29, 1.82) is 0 Å². The lowest BCUT2D eigenvalue weighted by Crippen LogP contribution is -2.29. The maximum atomic E-state index is 13.0. The first-order chi connectivity index (χ1) is 17.3. The van der Waals surface area contributed by atoms with E-state index in [4.69, 9.17) is 9.47 Å². The number of hydrogen-bond donors (Lipinski definition) is 0. The zero-order chi connectivity index (χ0) is 25.7. The van der Waals surface area contributed by atoms with Crippen molar-refractivity contribution in [3.05, 3.63) is 94.4 Å². The molecule has 0 saturated carbocycles. The molecular formula is C27H26N2O5S2. The minimum absolute atomic E-state index is 0.0810. The first kappa shape index (κ1) is 25.5. The molecule has 0 radical (unpaired) electrons. The van der Waals surface area contributed by atoms with E-state index < -0.39 is 10.0 Å². The Morgan fingerprint density at radius 1 is 1.00 bits per heavy atom. The van der Waals surface area contributed by atoms with Gasteiger partial charge in [0.2, 0.25) is 0 Å². The van der Waals surface area contributed by atoms with Gasteiger partial charge in [-0.1, -0.05) is 54.1 Å². The lowest BCUT2D eigenvalue weighted by atomic mass is 10.1. The molecule has 186 valence electrons. The molecule has 1 aliphatic heterocycles. The number of methoxy groups -OCH3 is 1. The Labute approximate surface area is 215 Å². The second-order valence-corrected chi connectivity index (χ2v) is 10.6. The van der Waals surface area contributed by atoms with E-state index in [2.05, 4.69) is 4.40 Å². The molecule has 0 aliphatic carbocycles. The van der Waals surface area contributed by atoms with Crippen molar-refractivity contribution in [3.8, 4) is 11.5 Å². The maximum Gasteiger partial charge on any atom is 0.284 e. The fourth-order valence-corrected chi connectivity index (χ4v) is 5.75. The number of amides is 1. The molecule has 0 atom stereocenters. The van der Waals surface area contributed by atoms with Crippen LogP contribution in [0, 0.1) is 6.92 Å². The predicted octanol–water partition coefficient (Wildman–Crippen LogP) is 5.26. The molecule has 1 heterocycles. The van der Waals surface area contributed by atoms with Gasteiger partial charge in [0.25, 0.3) is 15.9 Å². The Balaban J connectivity index is 1.61. The molecular weight excluding hydrogens is 496 g/mol. The van der Waals surface area contributed by atoms with E-state index in [1.165, 1.54) is 17.0 Å². The van der Waals surface area contributed by atoms with Gasteiger partial charge in [-0.2, -0.15) is 8.42 Å². The lowest BCUT2D eigenvalue weighted by molar-refractivity contribution is -0.122. The average Bonchev–Trinajstić information content (AvgIpc) is 3.16. The highest BCUT2D eigenvalue weighted by Gasteiger charge is 2.34. The molecule has 36 heavy (non-hydrogen) atoms. The van der Waals surface area contributed by atoms with Crippen LogP contribution >= 0.6 is 11.8 Å². The van der Waals surface area contributed by atoms with Crippen molar-refractivity contribution >= 4 is 38.9 Å². The van der Waals surface area contributed by atoms with Crippen molar-refractivity contribution in [2.75, 3.05) is 13.7 Å². The number of sulfonamides is 1. The van der Waals surface area contributed by atoms with Gasteiger partial charge >= 0.3 is 0 Å². The number of thioether (sulfide) groups is 1. The number of likely N-dealkylation sites (N-methyl/N-ethyl adjacent to an activating group) is 1. The smallest absolute Gasteiger partial charge is 0.284 e. The summed E-state index contributed by atoms with van der Waals surface area (Å²) in [5.41, 5.74) is 2.67. The van der Waals surface area contributed by atoms with Gasteiger partial charge in [0.1, 0.15) is 6.61 Å². The van der Waals surface area contributed by atoms with E-state index >= 15 is 0 Å². The Hall–Kier alpha value is -3.56. The summed E-state index contributed by atoms with van der Waals surface area (Å²) in [6, 6.07) is 21.6. The van der Waals surface area contributed by atoms with Crippen molar-refractivity contribution in [1.82, 2.24) is 4.90 Å². The molecule has 0 bridgehead atoms. The number of rotatable bonds is 8. The van der Waals surface area contributed by atoms with Crippen LogP contribution in [0.4, 0.5) is 0 Å². The summed E-state index contributed by atoms with van der Waals surface area (Å²) in [7, 11) is -2.40. The summed E-state index contributed by atoms with van der Waals surface area (Å²) in [5.74, 6) is 0.803. The molecule has 3 aromatic rings. The molecule has 3 aromatic carbocycles. The van der Waals surface area contributed by atoms with Crippen LogP contribution in [0.1, 0.15) is 23.6 Å². The van der Waals surface area contributed by atoms with Crippen molar-refractivity contribution in [2.24, 2.45) is 4.40 Å². The van der Waals surface area contributed by atoms with Crippen molar-refractivity contribution in [2.45, 2.75) is 25.3 Å². The van der Waals surface area contributed by atoms with Crippen LogP contribution in [0.2, 0.25) is 0 Å². The zero-order valence-electron chi connectivity index (χ0n) is 20.2. The van der Waals surface area contributed by atoms with Crippen LogP contribution < -0.4 is 9.47 Å². The summed E-state index contributed by atoms with van der Waals surface area (Å²) in [6.45, 7) is 4.31. The Morgan fingerprint density at radius 3 is 2.39 bits per heavy atom. The number of benzene rings is 3. The first-order valence-electron chi connectivity index (χ1n) is 11.3. The standard InChI is InChI=1S/C27H26N2O5S2/c1-4-29-26(30)25(35-27(29)28-36(31,32)22-13-10-19(2)11-14-22)17-21-12-15-23(33-3)24(16-21)34-18-20-8-6-5-7-9-20/h5-17H,4,18H2,1-3H3. The Morgan fingerprint density at radius 2 is 1.72 bits per heavy atom. The lowest BCUT2D eigenvalue weighted by Gasteiger charge is -2.12. The van der Waals surface area contributed by atoms with Crippen LogP contribution in [-0.4, -0.2) is 38.0 Å². The monoisotopic (exact) mass is 522 g/mol. The molecule has 1 saturated heterocycles. The minimum atomic E-state index is -3.96. The SMILES string of the molecule is CCN1C(=O)C(=Cc2ccc(OC)c(OCc3ccccc3)c2)SC1=NS(=O)(=O)c1ccc(C)cc1. The summed E-state index contributed by atoms with van der Waals surface area (Å²) in [6.07, 6.45) is 1.70. The van der Waals surface area contributed by atoms with Gasteiger partial charge < -0.3 is 9.47 Å². The molecule has 1 fully saturated rings. The number of aryl methyl sites for hydroxylation is 1. The van der Waals surface area contributed by atoms with Gasteiger partial charge in [0, 0.05) is 6.54 Å². The van der Waals surface area contributed by atoms with Crippen LogP contribution in [-0.2, 0) is 21.4 Å². The minimum Gasteiger partial charge on any atom is -0.493 e. The highest BCUT2D eigenvalue weighted by Crippen LogP contribution is 2.35. The second-order valence-electron chi connectivity index (χ2n) is 8.01. The average molecular weight is 523 g/mol. The van der Waals surface area contributed by atoms with Crippen LogP contribution in [0.25, 0.3) is 6.08 Å². The highest BCUT2D eigenvalue weighted by atomic mass is 32.2. The number of amidine groups is 1.